The van der Waals surface area contributed by atoms with Crippen molar-refractivity contribution in [2.75, 3.05) is 6.54 Å². The largest absolute Gasteiger partial charge is 0.573 e. The van der Waals surface area contributed by atoms with Gasteiger partial charge in [-0.1, -0.05) is 12.1 Å². The first-order chi connectivity index (χ1) is 12.0. The number of alkyl halides is 6. The molecule has 0 bridgehead atoms. The molecule has 1 aliphatic carbocycles. The van der Waals surface area contributed by atoms with Crippen molar-refractivity contribution < 1.29 is 36.2 Å². The third kappa shape index (κ3) is 7.03. The molecular formula is C17H21F6NO2. The fourth-order valence-electron chi connectivity index (χ4n) is 3.13. The zero-order valence-electron chi connectivity index (χ0n) is 13.9. The van der Waals surface area contributed by atoms with Crippen LogP contribution in [0.4, 0.5) is 26.3 Å². The van der Waals surface area contributed by atoms with Crippen molar-refractivity contribution in [3.05, 3.63) is 29.8 Å². The number of benzene rings is 1. The van der Waals surface area contributed by atoms with E-state index >= 15 is 0 Å². The topological polar surface area (TPSA) is 41.5 Å². The smallest absolute Gasteiger partial charge is 0.406 e. The summed E-state index contributed by atoms with van der Waals surface area (Å²) in [5, 5.41) is 11.7. The van der Waals surface area contributed by atoms with Crippen molar-refractivity contribution in [1.82, 2.24) is 5.32 Å². The van der Waals surface area contributed by atoms with E-state index in [1.54, 1.807) is 12.1 Å². The van der Waals surface area contributed by atoms with Crippen LogP contribution in [-0.2, 0) is 6.42 Å². The van der Waals surface area contributed by atoms with E-state index in [-0.39, 0.29) is 11.8 Å². The number of hydrogen-bond donors (Lipinski definition) is 2. The highest BCUT2D eigenvalue weighted by Gasteiger charge is 2.38. The van der Waals surface area contributed by atoms with Crippen LogP contribution in [0.25, 0.3) is 0 Å². The first kappa shape index (κ1) is 20.8. The van der Waals surface area contributed by atoms with Crippen molar-refractivity contribution in [2.45, 2.75) is 56.8 Å². The number of halogens is 6. The Morgan fingerprint density at radius 1 is 1.00 bits per heavy atom. The molecule has 1 saturated carbocycles. The summed E-state index contributed by atoms with van der Waals surface area (Å²) in [5.41, 5.74) is 0.892. The van der Waals surface area contributed by atoms with Crippen LogP contribution in [0.1, 0.15) is 31.2 Å². The average Bonchev–Trinajstić information content (AvgIpc) is 2.53. The van der Waals surface area contributed by atoms with E-state index < -0.39 is 25.2 Å². The molecule has 0 amide bonds. The Balaban J connectivity index is 1.73. The molecule has 0 radical (unpaired) electrons. The lowest BCUT2D eigenvalue weighted by molar-refractivity contribution is -0.274. The lowest BCUT2D eigenvalue weighted by atomic mass is 9.82. The lowest BCUT2D eigenvalue weighted by Gasteiger charge is -2.30. The van der Waals surface area contributed by atoms with Crippen molar-refractivity contribution in [3.63, 3.8) is 0 Å². The molecule has 1 aliphatic rings. The molecule has 0 spiro atoms. The number of ether oxygens (including phenoxy) is 1. The summed E-state index contributed by atoms with van der Waals surface area (Å²) >= 11 is 0. The van der Waals surface area contributed by atoms with E-state index in [0.717, 1.165) is 18.4 Å². The summed E-state index contributed by atoms with van der Waals surface area (Å²) in [6.45, 7) is -0.514. The molecule has 1 unspecified atom stereocenters. The van der Waals surface area contributed by atoms with Gasteiger partial charge in [0.15, 0.2) is 6.10 Å². The van der Waals surface area contributed by atoms with E-state index in [4.69, 9.17) is 5.11 Å². The maximum absolute atomic E-state index is 12.3. The van der Waals surface area contributed by atoms with Gasteiger partial charge in [0, 0.05) is 12.6 Å². The Morgan fingerprint density at radius 2 is 1.58 bits per heavy atom. The third-order valence-corrected chi connectivity index (χ3v) is 4.51. The Morgan fingerprint density at radius 3 is 2.08 bits per heavy atom. The van der Waals surface area contributed by atoms with Crippen molar-refractivity contribution in [2.24, 2.45) is 5.92 Å². The molecule has 0 aromatic heterocycles. The maximum Gasteiger partial charge on any atom is 0.573 e. The summed E-state index contributed by atoms with van der Waals surface area (Å²) < 4.78 is 77.0. The van der Waals surface area contributed by atoms with Crippen LogP contribution in [0.3, 0.4) is 0 Å². The normalized spacial score (nSPS) is 22.9. The average molecular weight is 385 g/mol. The monoisotopic (exact) mass is 385 g/mol. The SMILES string of the molecule is OC(CNC1CCC(Cc2ccc(OC(F)(F)F)cc2)CC1)C(F)(F)F. The van der Waals surface area contributed by atoms with Crippen LogP contribution in [0.5, 0.6) is 5.75 Å². The highest BCUT2D eigenvalue weighted by atomic mass is 19.4. The quantitative estimate of drug-likeness (QED) is 0.722. The predicted octanol–water partition coefficient (Wildman–Crippen LogP) is 4.20. The van der Waals surface area contributed by atoms with Gasteiger partial charge in [0.1, 0.15) is 5.75 Å². The molecule has 0 saturated heterocycles. The van der Waals surface area contributed by atoms with Crippen LogP contribution >= 0.6 is 0 Å². The van der Waals surface area contributed by atoms with Gasteiger partial charge in [0.05, 0.1) is 0 Å². The second kappa shape index (κ2) is 8.47. The minimum absolute atomic E-state index is 0.0641. The van der Waals surface area contributed by atoms with E-state index in [1.807, 2.05) is 0 Å². The molecule has 2 N–H and O–H groups in total. The fourth-order valence-corrected chi connectivity index (χ4v) is 3.13. The molecule has 1 aromatic rings. The molecule has 9 heteroatoms. The highest BCUT2D eigenvalue weighted by molar-refractivity contribution is 5.27. The molecule has 1 aromatic carbocycles. The van der Waals surface area contributed by atoms with Gasteiger partial charge in [0.2, 0.25) is 0 Å². The van der Waals surface area contributed by atoms with Crippen LogP contribution < -0.4 is 10.1 Å². The van der Waals surface area contributed by atoms with Crippen molar-refractivity contribution in [1.29, 1.82) is 0 Å². The zero-order chi connectivity index (χ0) is 19.4. The second-order valence-electron chi connectivity index (χ2n) is 6.58. The molecule has 2 rings (SSSR count). The fraction of sp³-hybridized carbons (Fsp3) is 0.647. The Bertz CT molecular complexity index is 550. The number of hydrogen-bond acceptors (Lipinski definition) is 3. The highest BCUT2D eigenvalue weighted by Crippen LogP contribution is 2.29. The van der Waals surface area contributed by atoms with Crippen LogP contribution in [0.2, 0.25) is 0 Å². The lowest BCUT2D eigenvalue weighted by Crippen LogP contribution is -2.43. The van der Waals surface area contributed by atoms with E-state index in [9.17, 15) is 26.3 Å². The Labute approximate surface area is 147 Å². The summed E-state index contributed by atoms with van der Waals surface area (Å²) in [5.74, 6) is 0.0624. The first-order valence-corrected chi connectivity index (χ1v) is 8.36. The van der Waals surface area contributed by atoms with Gasteiger partial charge in [0.25, 0.3) is 0 Å². The molecule has 0 aliphatic heterocycles. The number of rotatable bonds is 6. The molecule has 26 heavy (non-hydrogen) atoms. The van der Waals surface area contributed by atoms with E-state index in [2.05, 4.69) is 10.1 Å². The predicted molar refractivity (Wildman–Crippen MR) is 82.6 cm³/mol. The van der Waals surface area contributed by atoms with Crippen LogP contribution in [0.15, 0.2) is 24.3 Å². The molecular weight excluding hydrogens is 364 g/mol. The minimum atomic E-state index is -4.72. The van der Waals surface area contributed by atoms with Gasteiger partial charge >= 0.3 is 12.5 Å². The van der Waals surface area contributed by atoms with Gasteiger partial charge in [-0.15, -0.1) is 13.2 Å². The molecule has 3 nitrogen and oxygen atoms in total. The second-order valence-corrected chi connectivity index (χ2v) is 6.58. The molecule has 1 atom stereocenters. The number of aliphatic hydroxyl groups is 1. The number of nitrogens with one attached hydrogen (secondary N) is 1. The van der Waals surface area contributed by atoms with E-state index in [0.29, 0.717) is 25.2 Å². The molecule has 0 heterocycles. The van der Waals surface area contributed by atoms with E-state index in [1.165, 1.54) is 12.1 Å². The van der Waals surface area contributed by atoms with Gasteiger partial charge in [-0.05, 0) is 55.7 Å². The number of aliphatic hydroxyl groups excluding tert-OH is 1. The summed E-state index contributed by atoms with van der Waals surface area (Å²) in [6.07, 6.45) is -7.99. The molecule has 148 valence electrons. The first-order valence-electron chi connectivity index (χ1n) is 8.36. The molecule has 1 fully saturated rings. The van der Waals surface area contributed by atoms with Gasteiger partial charge < -0.3 is 15.2 Å². The van der Waals surface area contributed by atoms with Gasteiger partial charge in [-0.3, -0.25) is 0 Å². The summed E-state index contributed by atoms with van der Waals surface area (Å²) in [6, 6.07) is 5.66. The third-order valence-electron chi connectivity index (χ3n) is 4.51. The summed E-state index contributed by atoms with van der Waals surface area (Å²) in [4.78, 5) is 0. The van der Waals surface area contributed by atoms with Crippen LogP contribution in [0, 0.1) is 5.92 Å². The van der Waals surface area contributed by atoms with Crippen molar-refractivity contribution >= 4 is 0 Å². The minimum Gasteiger partial charge on any atom is -0.406 e. The Hall–Kier alpha value is -1.48. The van der Waals surface area contributed by atoms with Gasteiger partial charge in [-0.2, -0.15) is 13.2 Å². The zero-order valence-corrected chi connectivity index (χ0v) is 13.9. The standard InChI is InChI=1S/C17H21F6NO2/c18-16(19,20)15(25)10-24-13-5-1-11(2-6-13)9-12-3-7-14(8-4-12)26-17(21,22)23/h3-4,7-8,11,13,15,24-25H,1-2,5-6,9-10H2. The summed E-state index contributed by atoms with van der Waals surface area (Å²) in [7, 11) is 0. The Kier molecular flexibility index (Phi) is 6.79. The van der Waals surface area contributed by atoms with Crippen molar-refractivity contribution in [3.8, 4) is 5.75 Å². The van der Waals surface area contributed by atoms with Gasteiger partial charge in [-0.25, -0.2) is 0 Å². The van der Waals surface area contributed by atoms with Crippen LogP contribution in [-0.4, -0.2) is 36.3 Å². The maximum atomic E-state index is 12.3.